The first-order valence-corrected chi connectivity index (χ1v) is 27.3. The Morgan fingerprint density at radius 1 is 0.781 bits per heavy atom. The highest BCUT2D eigenvalue weighted by molar-refractivity contribution is 6.03. The minimum atomic E-state index is -1.43. The average molecular weight is 993 g/mol. The fourth-order valence-electron chi connectivity index (χ4n) is 11.7. The van der Waals surface area contributed by atoms with Crippen LogP contribution in [0.25, 0.3) is 10.8 Å². The predicted octanol–water partition coefficient (Wildman–Crippen LogP) is 14.6. The summed E-state index contributed by atoms with van der Waals surface area (Å²) in [4.78, 5) is 23.6. The molecule has 1 fully saturated rings. The van der Waals surface area contributed by atoms with Crippen LogP contribution in [-0.2, 0) is 27.5 Å². The number of amides is 1. The van der Waals surface area contributed by atoms with Gasteiger partial charge in [-0.2, -0.15) is 0 Å². The molecular formula is C63H77FN2O7. The van der Waals surface area contributed by atoms with E-state index in [0.29, 0.717) is 36.5 Å². The van der Waals surface area contributed by atoms with E-state index < -0.39 is 17.7 Å². The number of ether oxygens (including phenoxy) is 3. The van der Waals surface area contributed by atoms with Gasteiger partial charge in [-0.05, 0) is 114 Å². The van der Waals surface area contributed by atoms with E-state index in [0.717, 1.165) is 90.1 Å². The van der Waals surface area contributed by atoms with Gasteiger partial charge >= 0.3 is 0 Å². The third-order valence-electron chi connectivity index (χ3n) is 15.3. The molecular weight excluding hydrogens is 916 g/mol. The van der Waals surface area contributed by atoms with Crippen LogP contribution in [0.2, 0.25) is 0 Å². The van der Waals surface area contributed by atoms with Crippen molar-refractivity contribution in [2.75, 3.05) is 19.8 Å². The molecule has 5 aromatic carbocycles. The van der Waals surface area contributed by atoms with Crippen molar-refractivity contribution in [1.29, 1.82) is 0 Å². The number of halogens is 1. The van der Waals surface area contributed by atoms with Crippen LogP contribution < -0.4 is 9.47 Å². The van der Waals surface area contributed by atoms with E-state index in [2.05, 4.69) is 49.9 Å². The molecule has 388 valence electrons. The van der Waals surface area contributed by atoms with Gasteiger partial charge in [0.05, 0.1) is 18.2 Å². The van der Waals surface area contributed by atoms with Gasteiger partial charge in [-0.3, -0.25) is 4.79 Å². The van der Waals surface area contributed by atoms with Crippen molar-refractivity contribution >= 4 is 22.4 Å². The number of allylic oxidation sites excluding steroid dienone is 1. The molecule has 0 radical (unpaired) electrons. The van der Waals surface area contributed by atoms with Crippen LogP contribution in [0.1, 0.15) is 139 Å². The van der Waals surface area contributed by atoms with Crippen LogP contribution in [-0.4, -0.2) is 58.4 Å². The third kappa shape index (κ3) is 13.5. The van der Waals surface area contributed by atoms with Gasteiger partial charge in [0.1, 0.15) is 35.7 Å². The number of aliphatic hydroxyl groups is 2. The lowest BCUT2D eigenvalue weighted by molar-refractivity contribution is -0.258. The summed E-state index contributed by atoms with van der Waals surface area (Å²) in [5.41, 5.74) is 4.44. The quantitative estimate of drug-likeness (QED) is 0.0279. The summed E-state index contributed by atoms with van der Waals surface area (Å²) in [6.07, 6.45) is 19.4. The first-order chi connectivity index (χ1) is 35.8. The standard InChI is InChI=1S/C63H77FN2O7/c1-3-5-6-7-8-9-10-11-15-28-60(69)66(44-46-29-32-51(64)33-30-46)59-43-57(65-71-45-47-22-13-12-14-23-47)55-41-50(26-18-20-37-67)54(27-19-21-38-68)61-56-42-53(72-52-34-31-48-24-16-17-25-49(48)40-52)35-36-58(56)73-63(59,62(55)61)70-39-4-2/h4,12-14,16-17,22-25,29-36,40-42,50,54,59,61-62,67-68H,2-3,5-11,15,18-21,26-28,37-39,43-45H2,1H3/t50-,54+,59-,61+,62+,63+/m0/s1. The zero-order valence-electron chi connectivity index (χ0n) is 43.0. The Labute approximate surface area is 433 Å². The Kier molecular flexibility index (Phi) is 19.7. The number of fused-ring (bicyclic) bond motifs is 3. The highest BCUT2D eigenvalue weighted by atomic mass is 19.1. The normalized spacial score (nSPS) is 21.5. The molecule has 0 aromatic heterocycles. The number of benzene rings is 5. The number of hydrogen-bond acceptors (Lipinski definition) is 8. The highest BCUT2D eigenvalue weighted by Gasteiger charge is 2.65. The summed E-state index contributed by atoms with van der Waals surface area (Å²) < 4.78 is 36.1. The van der Waals surface area contributed by atoms with Gasteiger partial charge < -0.3 is 34.2 Å². The first kappa shape index (κ1) is 53.5. The molecule has 1 saturated carbocycles. The second-order valence-corrected chi connectivity index (χ2v) is 20.4. The van der Waals surface area contributed by atoms with Gasteiger partial charge in [-0.25, -0.2) is 4.39 Å². The van der Waals surface area contributed by atoms with E-state index in [9.17, 15) is 14.6 Å². The predicted molar refractivity (Wildman–Crippen MR) is 289 cm³/mol. The first-order valence-electron chi connectivity index (χ1n) is 27.3. The van der Waals surface area contributed by atoms with Gasteiger partial charge in [-0.15, -0.1) is 6.58 Å². The van der Waals surface area contributed by atoms with Crippen molar-refractivity contribution in [2.45, 2.75) is 147 Å². The van der Waals surface area contributed by atoms with Crippen molar-refractivity contribution in [3.8, 4) is 17.2 Å². The van der Waals surface area contributed by atoms with Crippen LogP contribution in [0, 0.1) is 23.6 Å². The Morgan fingerprint density at radius 3 is 2.21 bits per heavy atom. The molecule has 0 bridgehead atoms. The molecule has 2 aliphatic carbocycles. The van der Waals surface area contributed by atoms with Gasteiger partial charge in [-0.1, -0.05) is 161 Å². The minimum absolute atomic E-state index is 0.0295. The summed E-state index contributed by atoms with van der Waals surface area (Å²) in [5.74, 6) is -0.387. The zero-order valence-corrected chi connectivity index (χ0v) is 43.0. The van der Waals surface area contributed by atoms with E-state index >= 15 is 4.79 Å². The largest absolute Gasteiger partial charge is 0.459 e. The van der Waals surface area contributed by atoms with Gasteiger partial charge in [0.15, 0.2) is 0 Å². The molecule has 0 spiro atoms. The molecule has 9 nitrogen and oxygen atoms in total. The Balaban J connectivity index is 1.26. The topological polar surface area (TPSA) is 110 Å². The Bertz CT molecular complexity index is 2600. The second kappa shape index (κ2) is 26.9. The lowest BCUT2D eigenvalue weighted by atomic mass is 9.55. The molecule has 1 amide bonds. The molecule has 0 saturated heterocycles. The summed E-state index contributed by atoms with van der Waals surface area (Å²) >= 11 is 0. The van der Waals surface area contributed by atoms with Crippen molar-refractivity contribution in [1.82, 2.24) is 4.90 Å². The van der Waals surface area contributed by atoms with Crippen LogP contribution in [0.3, 0.4) is 0 Å². The second-order valence-electron chi connectivity index (χ2n) is 20.4. The molecule has 1 aliphatic heterocycles. The smallest absolute Gasteiger partial charge is 0.239 e. The number of oxime groups is 1. The maximum atomic E-state index is 15.3. The summed E-state index contributed by atoms with van der Waals surface area (Å²) in [7, 11) is 0. The monoisotopic (exact) mass is 993 g/mol. The Hall–Kier alpha value is -5.81. The molecule has 73 heavy (non-hydrogen) atoms. The van der Waals surface area contributed by atoms with E-state index in [1.54, 1.807) is 18.2 Å². The van der Waals surface area contributed by atoms with Gasteiger partial charge in [0, 0.05) is 44.1 Å². The molecule has 2 N–H and O–H groups in total. The van der Waals surface area contributed by atoms with Crippen LogP contribution in [0.5, 0.6) is 17.2 Å². The van der Waals surface area contributed by atoms with Crippen molar-refractivity contribution in [3.05, 3.63) is 162 Å². The zero-order chi connectivity index (χ0) is 50.8. The van der Waals surface area contributed by atoms with Gasteiger partial charge in [0.25, 0.3) is 0 Å². The number of unbranched alkanes of at least 4 members (excludes halogenated alkanes) is 10. The molecule has 5 aromatic rings. The summed E-state index contributed by atoms with van der Waals surface area (Å²) in [6.45, 7) is 7.15. The Morgan fingerprint density at radius 2 is 1.47 bits per heavy atom. The molecule has 6 atom stereocenters. The fourth-order valence-corrected chi connectivity index (χ4v) is 11.7. The van der Waals surface area contributed by atoms with E-state index in [4.69, 9.17) is 24.2 Å². The molecule has 3 aliphatic rings. The lowest BCUT2D eigenvalue weighted by Crippen LogP contribution is -2.70. The number of aliphatic hydroxyl groups excluding tert-OH is 2. The SMILES string of the molecule is C=CCO[C@@]12Oc3ccc(Oc4ccc5ccccc5c4)cc3[C@H]3[C@H](CCCCO)[C@@H](CCCCO)C=C(C(=NOCc4ccccc4)C[C@@H]1N(Cc1ccc(F)cc1)C(=O)CCCCCCCCCCC)[C@H]32. The fraction of sp³-hybridized carbons (Fsp3) is 0.460. The average Bonchev–Trinajstić information content (AvgIpc) is 3.42. The number of carbonyl (C=O) groups excluding carboxylic acids is 1. The van der Waals surface area contributed by atoms with Crippen LogP contribution in [0.15, 0.2) is 145 Å². The third-order valence-corrected chi connectivity index (χ3v) is 15.3. The van der Waals surface area contributed by atoms with E-state index in [1.165, 1.54) is 44.2 Å². The molecule has 8 rings (SSSR count). The molecule has 1 heterocycles. The van der Waals surface area contributed by atoms with Crippen LogP contribution in [0.4, 0.5) is 4.39 Å². The molecule has 0 unspecified atom stereocenters. The molecule has 10 heteroatoms. The number of hydrogen-bond donors (Lipinski definition) is 2. The number of rotatable bonds is 29. The van der Waals surface area contributed by atoms with Gasteiger partial charge in [0.2, 0.25) is 11.7 Å². The van der Waals surface area contributed by atoms with Crippen molar-refractivity contribution in [2.24, 2.45) is 22.9 Å². The highest BCUT2D eigenvalue weighted by Crippen LogP contribution is 2.62. The number of carbonyl (C=O) groups is 1. The van der Waals surface area contributed by atoms with E-state index in [-0.39, 0.29) is 68.9 Å². The van der Waals surface area contributed by atoms with Crippen molar-refractivity contribution < 1.29 is 38.4 Å². The summed E-state index contributed by atoms with van der Waals surface area (Å²) in [5, 5.41) is 27.5. The lowest BCUT2D eigenvalue weighted by Gasteiger charge is -2.60. The van der Waals surface area contributed by atoms with Crippen molar-refractivity contribution in [3.63, 3.8) is 0 Å². The maximum Gasteiger partial charge on any atom is 0.239 e. The maximum absolute atomic E-state index is 15.3. The number of nitrogens with zero attached hydrogens (tertiary/aromatic N) is 2. The minimum Gasteiger partial charge on any atom is -0.459 e. The summed E-state index contributed by atoms with van der Waals surface area (Å²) in [6, 6.07) is 36.1. The van der Waals surface area contributed by atoms with Crippen LogP contribution >= 0.6 is 0 Å². The van der Waals surface area contributed by atoms with E-state index in [1.807, 2.05) is 65.6 Å².